The monoisotopic (exact) mass is 157 g/mol. The Balaban J connectivity index is 0.000000640. The third kappa shape index (κ3) is 2.85. The molecule has 1 aliphatic rings. The molecule has 1 rings (SSSR count). The molecule has 0 unspecified atom stereocenters. The SMILES string of the molecule is O=C(O)[C@@H]1CCCN1.[CaH2]. The zero-order valence-corrected chi connectivity index (χ0v) is 4.55. The van der Waals surface area contributed by atoms with Gasteiger partial charge in [0.05, 0.1) is 0 Å². The maximum absolute atomic E-state index is 10.1. The van der Waals surface area contributed by atoms with Crippen LogP contribution < -0.4 is 5.32 Å². The van der Waals surface area contributed by atoms with Crippen LogP contribution >= 0.6 is 0 Å². The Morgan fingerprint density at radius 2 is 2.33 bits per heavy atom. The van der Waals surface area contributed by atoms with Gasteiger partial charge >= 0.3 is 43.7 Å². The van der Waals surface area contributed by atoms with Crippen molar-refractivity contribution in [3.63, 3.8) is 0 Å². The van der Waals surface area contributed by atoms with Crippen molar-refractivity contribution in [2.24, 2.45) is 0 Å². The normalized spacial score (nSPS) is 25.1. The zero-order valence-electron chi connectivity index (χ0n) is 4.55. The first-order chi connectivity index (χ1) is 3.80. The second kappa shape index (κ2) is 4.50. The van der Waals surface area contributed by atoms with Crippen molar-refractivity contribution in [2.75, 3.05) is 6.54 Å². The minimum absolute atomic E-state index is 0. The molecule has 0 aliphatic carbocycles. The Morgan fingerprint density at radius 1 is 1.67 bits per heavy atom. The Kier molecular flexibility index (Phi) is 4.84. The molecule has 0 spiro atoms. The number of carbonyl (C=O) groups is 1. The number of nitrogens with one attached hydrogen (secondary N) is 1. The van der Waals surface area contributed by atoms with Crippen molar-refractivity contribution in [1.29, 1.82) is 0 Å². The summed E-state index contributed by atoms with van der Waals surface area (Å²) < 4.78 is 0. The second-order valence-electron chi connectivity index (χ2n) is 1.99. The minimum atomic E-state index is -0.720. The molecule has 0 aromatic heterocycles. The second-order valence-corrected chi connectivity index (χ2v) is 1.99. The molecular weight excluding hydrogens is 146 g/mol. The van der Waals surface area contributed by atoms with E-state index in [0.29, 0.717) is 0 Å². The first-order valence-electron chi connectivity index (χ1n) is 2.77. The van der Waals surface area contributed by atoms with Crippen LogP contribution in [0.3, 0.4) is 0 Å². The first kappa shape index (κ1) is 9.69. The van der Waals surface area contributed by atoms with Crippen molar-refractivity contribution in [2.45, 2.75) is 18.9 Å². The van der Waals surface area contributed by atoms with E-state index in [1.807, 2.05) is 0 Å². The fourth-order valence-corrected chi connectivity index (χ4v) is 0.895. The Morgan fingerprint density at radius 3 is 2.56 bits per heavy atom. The van der Waals surface area contributed by atoms with Gasteiger partial charge in [0.2, 0.25) is 0 Å². The average Bonchev–Trinajstić information content (AvgIpc) is 2.12. The van der Waals surface area contributed by atoms with E-state index in [1.165, 1.54) is 0 Å². The molecule has 0 saturated carbocycles. The fourth-order valence-electron chi connectivity index (χ4n) is 0.895. The van der Waals surface area contributed by atoms with Crippen LogP contribution in [-0.4, -0.2) is 61.4 Å². The van der Waals surface area contributed by atoms with E-state index in [9.17, 15) is 4.79 Å². The van der Waals surface area contributed by atoms with Gasteiger partial charge in [-0.05, 0) is 19.4 Å². The molecule has 1 aliphatic heterocycles. The molecule has 0 radical (unpaired) electrons. The van der Waals surface area contributed by atoms with Gasteiger partial charge in [-0.15, -0.1) is 0 Å². The molecule has 1 atom stereocenters. The van der Waals surface area contributed by atoms with Gasteiger partial charge in [0, 0.05) is 0 Å². The third-order valence-corrected chi connectivity index (χ3v) is 1.36. The number of hydrogen-bond donors (Lipinski definition) is 2. The summed E-state index contributed by atoms with van der Waals surface area (Å²) in [6.07, 6.45) is 1.78. The van der Waals surface area contributed by atoms with Crippen molar-refractivity contribution >= 4 is 43.7 Å². The Labute approximate surface area is 83.8 Å². The van der Waals surface area contributed by atoms with Crippen LogP contribution in [-0.2, 0) is 4.79 Å². The number of carboxylic acids is 1. The van der Waals surface area contributed by atoms with E-state index in [2.05, 4.69) is 5.32 Å². The van der Waals surface area contributed by atoms with Crippen LogP contribution in [0.1, 0.15) is 12.8 Å². The maximum atomic E-state index is 10.1. The van der Waals surface area contributed by atoms with Crippen LogP contribution in [0.15, 0.2) is 0 Å². The number of carboxylic acid groups (broad SMARTS) is 1. The van der Waals surface area contributed by atoms with Crippen molar-refractivity contribution in [1.82, 2.24) is 5.32 Å². The van der Waals surface area contributed by atoms with Crippen LogP contribution in [0.2, 0.25) is 0 Å². The molecule has 9 heavy (non-hydrogen) atoms. The molecule has 1 heterocycles. The summed E-state index contributed by atoms with van der Waals surface area (Å²) in [5.74, 6) is -0.720. The molecule has 0 aromatic carbocycles. The first-order valence-corrected chi connectivity index (χ1v) is 2.77. The summed E-state index contributed by atoms with van der Waals surface area (Å²) in [7, 11) is 0. The van der Waals surface area contributed by atoms with Crippen molar-refractivity contribution in [3.8, 4) is 0 Å². The third-order valence-electron chi connectivity index (χ3n) is 1.36. The molecule has 50 valence electrons. The molecule has 0 bridgehead atoms. The van der Waals surface area contributed by atoms with Crippen LogP contribution in [0.4, 0.5) is 0 Å². The van der Waals surface area contributed by atoms with Gasteiger partial charge in [-0.25, -0.2) is 0 Å². The van der Waals surface area contributed by atoms with E-state index in [0.717, 1.165) is 19.4 Å². The zero-order chi connectivity index (χ0) is 5.98. The summed E-state index contributed by atoms with van der Waals surface area (Å²) >= 11 is 0. The Hall–Kier alpha value is 0.690. The quantitative estimate of drug-likeness (QED) is 0.475. The summed E-state index contributed by atoms with van der Waals surface area (Å²) in [5, 5.41) is 11.2. The molecule has 0 amide bonds. The number of aliphatic carboxylic acids is 1. The predicted molar refractivity (Wildman–Crippen MR) is 37.2 cm³/mol. The van der Waals surface area contributed by atoms with E-state index < -0.39 is 5.97 Å². The van der Waals surface area contributed by atoms with Gasteiger partial charge in [0.25, 0.3) is 0 Å². The molecule has 4 heteroatoms. The van der Waals surface area contributed by atoms with E-state index in [1.54, 1.807) is 0 Å². The molecule has 0 aromatic rings. The summed E-state index contributed by atoms with van der Waals surface area (Å²) in [6, 6.07) is -0.269. The summed E-state index contributed by atoms with van der Waals surface area (Å²) in [5.41, 5.74) is 0. The summed E-state index contributed by atoms with van der Waals surface area (Å²) in [6.45, 7) is 0.858. The standard InChI is InChI=1S/C5H9NO2.Ca.2H/c7-5(8)4-2-1-3-6-4;;;/h4,6H,1-3H2,(H,7,8);;;/t4-;;;/m0.../s1. The fraction of sp³-hybridized carbons (Fsp3) is 0.800. The average molecular weight is 157 g/mol. The van der Waals surface area contributed by atoms with Crippen LogP contribution in [0.5, 0.6) is 0 Å². The molecular formula is C5H11CaNO2. The Bertz CT molecular complexity index is 101. The van der Waals surface area contributed by atoms with Crippen molar-refractivity contribution in [3.05, 3.63) is 0 Å². The molecule has 3 nitrogen and oxygen atoms in total. The van der Waals surface area contributed by atoms with Crippen LogP contribution in [0.25, 0.3) is 0 Å². The number of hydrogen-bond acceptors (Lipinski definition) is 2. The predicted octanol–water partition coefficient (Wildman–Crippen LogP) is -1.09. The molecule has 1 saturated heterocycles. The molecule has 2 N–H and O–H groups in total. The van der Waals surface area contributed by atoms with Gasteiger partial charge < -0.3 is 10.4 Å². The van der Waals surface area contributed by atoms with E-state index in [-0.39, 0.29) is 43.8 Å². The number of rotatable bonds is 1. The van der Waals surface area contributed by atoms with Gasteiger partial charge in [-0.1, -0.05) is 0 Å². The van der Waals surface area contributed by atoms with Gasteiger partial charge in [0.1, 0.15) is 6.04 Å². The van der Waals surface area contributed by atoms with E-state index >= 15 is 0 Å². The van der Waals surface area contributed by atoms with Crippen LogP contribution in [0, 0.1) is 0 Å². The van der Waals surface area contributed by atoms with Gasteiger partial charge in [-0.3, -0.25) is 4.79 Å². The topological polar surface area (TPSA) is 49.3 Å². The van der Waals surface area contributed by atoms with Gasteiger partial charge in [-0.2, -0.15) is 0 Å². The van der Waals surface area contributed by atoms with E-state index in [4.69, 9.17) is 5.11 Å². The molecule has 1 fully saturated rings. The van der Waals surface area contributed by atoms with Crippen molar-refractivity contribution < 1.29 is 9.90 Å². The van der Waals surface area contributed by atoms with Gasteiger partial charge in [0.15, 0.2) is 0 Å². The summed E-state index contributed by atoms with van der Waals surface area (Å²) in [4.78, 5) is 10.1.